The van der Waals surface area contributed by atoms with Gasteiger partial charge >= 0.3 is 6.18 Å². The van der Waals surface area contributed by atoms with Crippen LogP contribution in [0.1, 0.15) is 19.3 Å². The molecule has 0 aliphatic heterocycles. The van der Waals surface area contributed by atoms with Crippen LogP contribution in [0.25, 0.3) is 0 Å². The van der Waals surface area contributed by atoms with Crippen LogP contribution in [-0.2, 0) is 0 Å². The first kappa shape index (κ1) is 16.0. The summed E-state index contributed by atoms with van der Waals surface area (Å²) in [5.41, 5.74) is -0.137. The van der Waals surface area contributed by atoms with E-state index in [0.29, 0.717) is 12.2 Å². The van der Waals surface area contributed by atoms with E-state index in [0.717, 1.165) is 0 Å². The third-order valence-corrected chi connectivity index (χ3v) is 2.47. The van der Waals surface area contributed by atoms with Gasteiger partial charge in [-0.25, -0.2) is 4.98 Å². The van der Waals surface area contributed by atoms with Gasteiger partial charge in [-0.05, 0) is 12.8 Å². The van der Waals surface area contributed by atoms with Crippen LogP contribution in [0, 0.1) is 10.1 Å². The van der Waals surface area contributed by atoms with Crippen molar-refractivity contribution in [3.63, 3.8) is 0 Å². The van der Waals surface area contributed by atoms with E-state index >= 15 is 0 Å². The maximum absolute atomic E-state index is 11.9. The van der Waals surface area contributed by atoms with Crippen molar-refractivity contribution in [2.45, 2.75) is 25.4 Å². The van der Waals surface area contributed by atoms with Crippen LogP contribution in [0.5, 0.6) is 0 Å². The second kappa shape index (κ2) is 6.92. The van der Waals surface area contributed by atoms with Crippen LogP contribution in [0.15, 0.2) is 12.1 Å². The molecule has 112 valence electrons. The third-order valence-electron chi connectivity index (χ3n) is 2.47. The van der Waals surface area contributed by atoms with Crippen LogP contribution in [0.4, 0.5) is 30.5 Å². The van der Waals surface area contributed by atoms with E-state index in [1.807, 2.05) is 0 Å². The molecule has 6 nitrogen and oxygen atoms in total. The number of hydrogen-bond donors (Lipinski definition) is 2. The summed E-state index contributed by atoms with van der Waals surface area (Å²) in [6.07, 6.45) is -4.68. The van der Waals surface area contributed by atoms with Gasteiger partial charge in [-0.1, -0.05) is 0 Å². The van der Waals surface area contributed by atoms with Crippen LogP contribution in [0.3, 0.4) is 0 Å². The Morgan fingerprint density at radius 1 is 1.30 bits per heavy atom. The number of aromatic nitrogens is 1. The standard InChI is InChI=1S/C11H15F3N4O2/c1-15-9-6-8(18(19)20)7-10(17-9)16-5-3-2-4-11(12,13)14/h6-7H,2-5H2,1H3,(H2,15,16,17). The number of nitrogens with zero attached hydrogens (tertiary/aromatic N) is 2. The molecule has 2 N–H and O–H groups in total. The van der Waals surface area contributed by atoms with Gasteiger partial charge in [0, 0.05) is 20.0 Å². The lowest BCUT2D eigenvalue weighted by Crippen LogP contribution is -2.09. The Balaban J connectivity index is 2.51. The average Bonchev–Trinajstić information content (AvgIpc) is 2.36. The van der Waals surface area contributed by atoms with Crippen molar-refractivity contribution in [2.24, 2.45) is 0 Å². The van der Waals surface area contributed by atoms with Gasteiger partial charge in [-0.3, -0.25) is 10.1 Å². The summed E-state index contributed by atoms with van der Waals surface area (Å²) in [5, 5.41) is 16.2. The first-order chi connectivity index (χ1) is 9.31. The van der Waals surface area contributed by atoms with E-state index < -0.39 is 17.5 Å². The molecule has 0 saturated heterocycles. The Bertz CT molecular complexity index is 465. The molecule has 1 aromatic heterocycles. The monoisotopic (exact) mass is 292 g/mol. The summed E-state index contributed by atoms with van der Waals surface area (Å²) in [7, 11) is 1.57. The molecule has 0 spiro atoms. The highest BCUT2D eigenvalue weighted by Gasteiger charge is 2.25. The number of nitrogens with one attached hydrogen (secondary N) is 2. The Labute approximate surface area is 113 Å². The van der Waals surface area contributed by atoms with Crippen molar-refractivity contribution in [1.82, 2.24) is 4.98 Å². The molecular weight excluding hydrogens is 277 g/mol. The summed E-state index contributed by atoms with van der Waals surface area (Å²) >= 11 is 0. The van der Waals surface area contributed by atoms with E-state index in [1.165, 1.54) is 12.1 Å². The van der Waals surface area contributed by atoms with Crippen LogP contribution >= 0.6 is 0 Å². The summed E-state index contributed by atoms with van der Waals surface area (Å²) < 4.78 is 35.8. The summed E-state index contributed by atoms with van der Waals surface area (Å²) in [4.78, 5) is 14.2. The SMILES string of the molecule is CNc1cc([N+](=O)[O-])cc(NCCCCC(F)(F)F)n1. The molecule has 0 aliphatic carbocycles. The summed E-state index contributed by atoms with van der Waals surface area (Å²) in [5.74, 6) is 0.576. The Hall–Kier alpha value is -2.06. The van der Waals surface area contributed by atoms with E-state index in [4.69, 9.17) is 0 Å². The van der Waals surface area contributed by atoms with Gasteiger partial charge in [0.2, 0.25) is 0 Å². The Morgan fingerprint density at radius 3 is 2.50 bits per heavy atom. The van der Waals surface area contributed by atoms with Crippen LogP contribution in [0.2, 0.25) is 0 Å². The number of rotatable bonds is 7. The van der Waals surface area contributed by atoms with Gasteiger partial charge in [0.05, 0.1) is 17.1 Å². The molecule has 0 atom stereocenters. The zero-order chi connectivity index (χ0) is 15.2. The molecule has 0 fully saturated rings. The summed E-state index contributed by atoms with van der Waals surface area (Å²) in [6, 6.07) is 2.51. The largest absolute Gasteiger partial charge is 0.389 e. The number of nitro groups is 1. The van der Waals surface area contributed by atoms with Crippen molar-refractivity contribution >= 4 is 17.3 Å². The molecule has 1 rings (SSSR count). The minimum absolute atomic E-state index is 0.00428. The first-order valence-electron chi connectivity index (χ1n) is 5.96. The van der Waals surface area contributed by atoms with E-state index in [2.05, 4.69) is 15.6 Å². The lowest BCUT2D eigenvalue weighted by molar-refractivity contribution is -0.384. The quantitative estimate of drug-likeness (QED) is 0.458. The molecule has 0 aromatic carbocycles. The lowest BCUT2D eigenvalue weighted by atomic mass is 10.2. The van der Waals surface area contributed by atoms with Gasteiger partial charge in [0.1, 0.15) is 11.6 Å². The molecule has 0 aliphatic rings. The van der Waals surface area contributed by atoms with Gasteiger partial charge in [-0.15, -0.1) is 0 Å². The molecule has 9 heteroatoms. The number of anilines is 2. The molecule has 20 heavy (non-hydrogen) atoms. The molecular formula is C11H15F3N4O2. The molecule has 0 amide bonds. The Morgan fingerprint density at radius 2 is 1.95 bits per heavy atom. The average molecular weight is 292 g/mol. The zero-order valence-electron chi connectivity index (χ0n) is 10.8. The van der Waals surface area contributed by atoms with Crippen molar-refractivity contribution < 1.29 is 18.1 Å². The number of alkyl halides is 3. The minimum Gasteiger partial charge on any atom is -0.373 e. The highest BCUT2D eigenvalue weighted by Crippen LogP contribution is 2.23. The molecule has 0 bridgehead atoms. The van der Waals surface area contributed by atoms with Crippen molar-refractivity contribution in [2.75, 3.05) is 24.2 Å². The number of hydrogen-bond acceptors (Lipinski definition) is 5. The highest BCUT2D eigenvalue weighted by molar-refractivity contribution is 5.54. The predicted molar refractivity (Wildman–Crippen MR) is 68.8 cm³/mol. The number of pyridine rings is 1. The Kier molecular flexibility index (Phi) is 5.53. The van der Waals surface area contributed by atoms with Gasteiger partial charge in [0.25, 0.3) is 5.69 Å². The minimum atomic E-state index is -4.15. The smallest absolute Gasteiger partial charge is 0.373 e. The molecule has 0 saturated carbocycles. The fourth-order valence-electron chi connectivity index (χ4n) is 1.51. The zero-order valence-corrected chi connectivity index (χ0v) is 10.8. The van der Waals surface area contributed by atoms with E-state index in [1.54, 1.807) is 7.05 Å². The van der Waals surface area contributed by atoms with Crippen molar-refractivity contribution in [1.29, 1.82) is 0 Å². The number of unbranched alkanes of at least 4 members (excludes halogenated alkanes) is 1. The fourth-order valence-corrected chi connectivity index (χ4v) is 1.51. The lowest BCUT2D eigenvalue weighted by Gasteiger charge is -2.08. The number of halogens is 3. The normalized spacial score (nSPS) is 11.2. The van der Waals surface area contributed by atoms with E-state index in [9.17, 15) is 23.3 Å². The van der Waals surface area contributed by atoms with Crippen LogP contribution in [-0.4, -0.2) is 29.7 Å². The van der Waals surface area contributed by atoms with Gasteiger partial charge in [-0.2, -0.15) is 13.2 Å². The summed E-state index contributed by atoms with van der Waals surface area (Å²) in [6.45, 7) is 0.271. The van der Waals surface area contributed by atoms with Crippen molar-refractivity contribution in [3.05, 3.63) is 22.2 Å². The fraction of sp³-hybridized carbons (Fsp3) is 0.545. The molecule has 0 unspecified atom stereocenters. The third kappa shape index (κ3) is 5.72. The van der Waals surface area contributed by atoms with Gasteiger partial charge < -0.3 is 10.6 Å². The van der Waals surface area contributed by atoms with E-state index in [-0.39, 0.29) is 24.5 Å². The topological polar surface area (TPSA) is 80.1 Å². The second-order valence-electron chi connectivity index (χ2n) is 4.10. The van der Waals surface area contributed by atoms with Gasteiger partial charge in [0.15, 0.2) is 0 Å². The second-order valence-corrected chi connectivity index (χ2v) is 4.10. The molecule has 1 heterocycles. The maximum atomic E-state index is 11.9. The maximum Gasteiger partial charge on any atom is 0.389 e. The molecule has 0 radical (unpaired) electrons. The highest BCUT2D eigenvalue weighted by atomic mass is 19.4. The molecule has 1 aromatic rings. The first-order valence-corrected chi connectivity index (χ1v) is 5.96. The predicted octanol–water partition coefficient (Wildman–Crippen LogP) is 3.18. The van der Waals surface area contributed by atoms with Crippen LogP contribution < -0.4 is 10.6 Å². The van der Waals surface area contributed by atoms with Crippen molar-refractivity contribution in [3.8, 4) is 0 Å².